The zero-order chi connectivity index (χ0) is 14.4. The summed E-state index contributed by atoms with van der Waals surface area (Å²) < 4.78 is 8.81. The zero-order valence-corrected chi connectivity index (χ0v) is 13.2. The molecule has 0 atom stereocenters. The Morgan fingerprint density at radius 3 is 2.10 bits per heavy atom. The van der Waals surface area contributed by atoms with E-state index in [9.17, 15) is 0 Å². The fourth-order valence-corrected chi connectivity index (χ4v) is 3.08. The molecule has 0 amide bonds. The average molecular weight is 389 g/mol. The van der Waals surface area contributed by atoms with Gasteiger partial charge in [-0.2, -0.15) is 5.10 Å². The molecule has 3 aromatic rings. The molecule has 2 N–H and O–H groups in total. The molecule has 5 heteroatoms. The normalized spacial score (nSPS) is 13.4. The highest BCUT2D eigenvalue weighted by atomic mass is 127. The lowest BCUT2D eigenvalue weighted by Crippen LogP contribution is -2.20. The van der Waals surface area contributed by atoms with Gasteiger partial charge in [-0.05, 0) is 34.7 Å². The number of halogens is 1. The Bertz CT molecular complexity index is 782. The highest BCUT2D eigenvalue weighted by molar-refractivity contribution is 14.1. The number of anilines is 1. The van der Waals surface area contributed by atoms with Crippen molar-refractivity contribution in [1.29, 1.82) is 0 Å². The number of aromatic nitrogens is 2. The van der Waals surface area contributed by atoms with Crippen LogP contribution in [0.2, 0.25) is 0 Å². The van der Waals surface area contributed by atoms with E-state index >= 15 is 0 Å². The third-order valence-corrected chi connectivity index (χ3v) is 4.51. The summed E-state index contributed by atoms with van der Waals surface area (Å²) in [6.07, 6.45) is 1.79. The molecule has 0 saturated carbocycles. The molecule has 1 aliphatic heterocycles. The van der Waals surface area contributed by atoms with Gasteiger partial charge >= 0.3 is 0 Å². The van der Waals surface area contributed by atoms with Gasteiger partial charge in [-0.25, -0.2) is 4.68 Å². The van der Waals surface area contributed by atoms with Gasteiger partial charge in [0.1, 0.15) is 23.4 Å². The first-order valence-electron chi connectivity index (χ1n) is 6.60. The number of ether oxygens (including phenoxy) is 1. The molecule has 0 unspecified atom stereocenters. The largest absolute Gasteiger partial charge is 0.457 e. The Morgan fingerprint density at radius 2 is 1.57 bits per heavy atom. The highest BCUT2D eigenvalue weighted by Gasteiger charge is 2.30. The maximum Gasteiger partial charge on any atom is 0.136 e. The summed E-state index contributed by atoms with van der Waals surface area (Å²) in [7, 11) is 0. The van der Waals surface area contributed by atoms with Crippen LogP contribution in [0.25, 0.3) is 0 Å². The fraction of sp³-hybridized carbons (Fsp3) is 0.0625. The molecule has 0 saturated heterocycles. The Balaban J connectivity index is 2.00. The van der Waals surface area contributed by atoms with Gasteiger partial charge in [0.25, 0.3) is 0 Å². The third kappa shape index (κ3) is 1.91. The fourth-order valence-electron chi connectivity index (χ4n) is 2.70. The van der Waals surface area contributed by atoms with Gasteiger partial charge in [0.05, 0.1) is 9.77 Å². The predicted octanol–water partition coefficient (Wildman–Crippen LogP) is 3.81. The van der Waals surface area contributed by atoms with Crippen molar-refractivity contribution in [2.24, 2.45) is 0 Å². The second-order valence-electron chi connectivity index (χ2n) is 4.90. The van der Waals surface area contributed by atoms with E-state index in [1.165, 1.54) is 0 Å². The number of nitrogens with zero attached hydrogens (tertiary/aromatic N) is 2. The minimum absolute atomic E-state index is 0.0605. The summed E-state index contributed by atoms with van der Waals surface area (Å²) in [6.45, 7) is 0. The van der Waals surface area contributed by atoms with Crippen LogP contribution in [-0.4, -0.2) is 9.78 Å². The Labute approximate surface area is 135 Å². The molecule has 0 bridgehead atoms. The molecule has 0 spiro atoms. The molecule has 2 heterocycles. The van der Waals surface area contributed by atoms with E-state index in [0.717, 1.165) is 26.2 Å². The molecule has 1 aliphatic rings. The molecule has 0 fully saturated rings. The zero-order valence-electron chi connectivity index (χ0n) is 11.0. The second-order valence-corrected chi connectivity index (χ2v) is 6.06. The summed E-state index contributed by atoms with van der Waals surface area (Å²) in [5, 5.41) is 4.47. The predicted molar refractivity (Wildman–Crippen MR) is 89.6 cm³/mol. The van der Waals surface area contributed by atoms with Crippen molar-refractivity contribution < 1.29 is 4.74 Å². The minimum Gasteiger partial charge on any atom is -0.457 e. The lowest BCUT2D eigenvalue weighted by Gasteiger charge is -2.28. The number of para-hydroxylation sites is 2. The van der Waals surface area contributed by atoms with Crippen molar-refractivity contribution in [3.63, 3.8) is 0 Å². The SMILES string of the molecule is Nc1c(I)cnn1C1c2ccccc2Oc2ccccc21. The van der Waals surface area contributed by atoms with Crippen molar-refractivity contribution in [1.82, 2.24) is 9.78 Å². The van der Waals surface area contributed by atoms with Crippen molar-refractivity contribution >= 4 is 28.4 Å². The van der Waals surface area contributed by atoms with Gasteiger partial charge in [-0.3, -0.25) is 0 Å². The summed E-state index contributed by atoms with van der Waals surface area (Å²) in [6, 6.07) is 16.0. The summed E-state index contributed by atoms with van der Waals surface area (Å²) in [5.41, 5.74) is 8.34. The molecule has 104 valence electrons. The first-order chi connectivity index (χ1) is 10.3. The van der Waals surface area contributed by atoms with Crippen LogP contribution in [-0.2, 0) is 0 Å². The van der Waals surface area contributed by atoms with Crippen LogP contribution >= 0.6 is 22.6 Å². The van der Waals surface area contributed by atoms with Gasteiger partial charge in [0.2, 0.25) is 0 Å². The topological polar surface area (TPSA) is 53.1 Å². The quantitative estimate of drug-likeness (QED) is 0.504. The van der Waals surface area contributed by atoms with Crippen molar-refractivity contribution in [3.05, 3.63) is 69.4 Å². The molecular weight excluding hydrogens is 377 g/mol. The minimum atomic E-state index is -0.0605. The standard InChI is InChI=1S/C16H12IN3O/c17-12-9-19-20(16(12)18)15-10-5-1-3-7-13(10)21-14-8-4-2-6-11(14)15/h1-9,15H,18H2. The summed E-state index contributed by atoms with van der Waals surface area (Å²) in [4.78, 5) is 0. The van der Waals surface area contributed by atoms with E-state index in [2.05, 4.69) is 39.8 Å². The summed E-state index contributed by atoms with van der Waals surface area (Å²) in [5.74, 6) is 2.38. The van der Waals surface area contributed by atoms with Crippen LogP contribution in [0.15, 0.2) is 54.7 Å². The first-order valence-corrected chi connectivity index (χ1v) is 7.68. The van der Waals surface area contributed by atoms with Crippen molar-refractivity contribution in [3.8, 4) is 11.5 Å². The van der Waals surface area contributed by atoms with Crippen LogP contribution in [0.4, 0.5) is 5.82 Å². The number of hydrogen-bond donors (Lipinski definition) is 1. The number of fused-ring (bicyclic) bond motifs is 2. The van der Waals surface area contributed by atoms with Crippen molar-refractivity contribution in [2.45, 2.75) is 6.04 Å². The number of benzene rings is 2. The molecule has 1 aromatic heterocycles. The van der Waals surface area contributed by atoms with Gasteiger partial charge in [-0.1, -0.05) is 36.4 Å². The second kappa shape index (κ2) is 4.77. The molecular formula is C16H12IN3O. The molecule has 0 radical (unpaired) electrons. The van der Waals surface area contributed by atoms with Gasteiger partial charge in [0.15, 0.2) is 0 Å². The van der Waals surface area contributed by atoms with Gasteiger partial charge < -0.3 is 10.5 Å². The molecule has 0 aliphatic carbocycles. The van der Waals surface area contributed by atoms with E-state index in [0.29, 0.717) is 5.82 Å². The van der Waals surface area contributed by atoms with E-state index in [1.807, 2.05) is 41.1 Å². The van der Waals surface area contributed by atoms with Crippen molar-refractivity contribution in [2.75, 3.05) is 5.73 Å². The van der Waals surface area contributed by atoms with E-state index in [4.69, 9.17) is 10.5 Å². The Kier molecular flexibility index (Phi) is 2.88. The van der Waals surface area contributed by atoms with Gasteiger partial charge in [0, 0.05) is 11.1 Å². The first kappa shape index (κ1) is 12.7. The highest BCUT2D eigenvalue weighted by Crippen LogP contribution is 2.45. The number of nitrogens with two attached hydrogens (primary N) is 1. The molecule has 4 rings (SSSR count). The van der Waals surface area contributed by atoms with Crippen LogP contribution in [0, 0.1) is 3.57 Å². The van der Waals surface area contributed by atoms with Crippen LogP contribution in [0.1, 0.15) is 17.2 Å². The monoisotopic (exact) mass is 389 g/mol. The average Bonchev–Trinajstić information content (AvgIpc) is 2.84. The number of nitrogen functional groups attached to an aromatic ring is 1. The molecule has 2 aromatic carbocycles. The van der Waals surface area contributed by atoms with Crippen LogP contribution < -0.4 is 10.5 Å². The third-order valence-electron chi connectivity index (χ3n) is 3.68. The summed E-state index contributed by atoms with van der Waals surface area (Å²) >= 11 is 2.20. The number of rotatable bonds is 1. The maximum absolute atomic E-state index is 6.20. The smallest absolute Gasteiger partial charge is 0.136 e. The van der Waals surface area contributed by atoms with Crippen LogP contribution in [0.3, 0.4) is 0 Å². The van der Waals surface area contributed by atoms with E-state index in [-0.39, 0.29) is 6.04 Å². The molecule has 4 nitrogen and oxygen atoms in total. The number of hydrogen-bond acceptors (Lipinski definition) is 3. The molecule has 21 heavy (non-hydrogen) atoms. The maximum atomic E-state index is 6.20. The lowest BCUT2D eigenvalue weighted by atomic mass is 9.95. The van der Waals surface area contributed by atoms with E-state index in [1.54, 1.807) is 6.20 Å². The van der Waals surface area contributed by atoms with Crippen LogP contribution in [0.5, 0.6) is 11.5 Å². The lowest BCUT2D eigenvalue weighted by molar-refractivity contribution is 0.426. The Morgan fingerprint density at radius 1 is 1.00 bits per heavy atom. The van der Waals surface area contributed by atoms with Gasteiger partial charge in [-0.15, -0.1) is 0 Å². The van der Waals surface area contributed by atoms with E-state index < -0.39 is 0 Å². The Hall–Kier alpha value is -2.02.